The minimum atomic E-state index is -0.291. The highest BCUT2D eigenvalue weighted by atomic mass is 79.9. The molecule has 0 spiro atoms. The molecule has 0 bridgehead atoms. The molecule has 98 valence electrons. The normalized spacial score (nSPS) is 14.2. The first-order valence-corrected chi connectivity index (χ1v) is 7.00. The molecule has 0 amide bonds. The molecule has 1 aromatic carbocycles. The van der Waals surface area contributed by atoms with E-state index in [4.69, 9.17) is 17.0 Å². The lowest BCUT2D eigenvalue weighted by atomic mass is 10.1. The average molecular weight is 341 g/mol. The van der Waals surface area contributed by atoms with Gasteiger partial charge in [0.2, 0.25) is 0 Å². The van der Waals surface area contributed by atoms with E-state index in [0.29, 0.717) is 28.2 Å². The topological polar surface area (TPSA) is 37.9 Å². The fourth-order valence-corrected chi connectivity index (χ4v) is 2.88. The molecule has 0 atom stereocenters. The third-order valence-corrected chi connectivity index (χ3v) is 4.03. The first-order valence-electron chi connectivity index (χ1n) is 5.80. The SMILES string of the molecule is Fc1ccc(-c2nc(=S)c3c([nH]2)CCOC3)c(Br)c1. The molecule has 2 aromatic rings. The van der Waals surface area contributed by atoms with E-state index < -0.39 is 0 Å². The summed E-state index contributed by atoms with van der Waals surface area (Å²) >= 11 is 8.64. The van der Waals surface area contributed by atoms with Gasteiger partial charge in [-0.3, -0.25) is 0 Å². The maximum Gasteiger partial charge on any atom is 0.140 e. The van der Waals surface area contributed by atoms with Gasteiger partial charge < -0.3 is 9.72 Å². The standard InChI is InChI=1S/C13H10BrFN2OS/c14-10-5-7(15)1-2-8(10)12-16-11-3-4-18-6-9(11)13(19)17-12/h1-2,5H,3-4,6H2,(H,16,17,19). The average Bonchev–Trinajstić information content (AvgIpc) is 2.38. The summed E-state index contributed by atoms with van der Waals surface area (Å²) in [5, 5.41) is 0. The van der Waals surface area contributed by atoms with Crippen molar-refractivity contribution < 1.29 is 9.13 Å². The molecule has 2 heterocycles. The quantitative estimate of drug-likeness (QED) is 0.803. The van der Waals surface area contributed by atoms with Gasteiger partial charge in [-0.05, 0) is 34.1 Å². The summed E-state index contributed by atoms with van der Waals surface area (Å²) in [6.45, 7) is 1.18. The molecule has 3 rings (SSSR count). The second-order valence-corrected chi connectivity index (χ2v) is 5.52. The highest BCUT2D eigenvalue weighted by molar-refractivity contribution is 9.10. The number of rotatable bonds is 1. The van der Waals surface area contributed by atoms with Gasteiger partial charge >= 0.3 is 0 Å². The summed E-state index contributed by atoms with van der Waals surface area (Å²) in [6, 6.07) is 4.50. The summed E-state index contributed by atoms with van der Waals surface area (Å²) in [6.07, 6.45) is 0.785. The Morgan fingerprint density at radius 3 is 3.05 bits per heavy atom. The second-order valence-electron chi connectivity index (χ2n) is 4.27. The lowest BCUT2D eigenvalue weighted by Crippen LogP contribution is -2.14. The number of aromatic amines is 1. The van der Waals surface area contributed by atoms with E-state index in [1.807, 2.05) is 0 Å². The molecule has 0 aliphatic carbocycles. The highest BCUT2D eigenvalue weighted by Crippen LogP contribution is 2.28. The van der Waals surface area contributed by atoms with Crippen molar-refractivity contribution in [3.8, 4) is 11.4 Å². The molecule has 6 heteroatoms. The maximum atomic E-state index is 13.1. The molecule has 0 saturated carbocycles. The van der Waals surface area contributed by atoms with E-state index in [9.17, 15) is 4.39 Å². The Morgan fingerprint density at radius 2 is 2.26 bits per heavy atom. The van der Waals surface area contributed by atoms with E-state index in [2.05, 4.69) is 25.9 Å². The Bertz CT molecular complexity index is 702. The van der Waals surface area contributed by atoms with Crippen LogP contribution in [0.15, 0.2) is 22.7 Å². The number of aromatic nitrogens is 2. The van der Waals surface area contributed by atoms with Gasteiger partial charge in [0.15, 0.2) is 0 Å². The number of hydrogen-bond acceptors (Lipinski definition) is 3. The van der Waals surface area contributed by atoms with Gasteiger partial charge in [0, 0.05) is 27.7 Å². The molecule has 3 nitrogen and oxygen atoms in total. The second kappa shape index (κ2) is 5.11. The largest absolute Gasteiger partial charge is 0.376 e. The number of hydrogen-bond donors (Lipinski definition) is 1. The van der Waals surface area contributed by atoms with Gasteiger partial charge in [0.1, 0.15) is 16.3 Å². The van der Waals surface area contributed by atoms with Crippen molar-refractivity contribution in [1.29, 1.82) is 0 Å². The van der Waals surface area contributed by atoms with Crippen molar-refractivity contribution in [2.45, 2.75) is 13.0 Å². The fourth-order valence-electron chi connectivity index (χ4n) is 2.06. The van der Waals surface area contributed by atoms with Crippen molar-refractivity contribution >= 4 is 28.1 Å². The third-order valence-electron chi connectivity index (χ3n) is 3.03. The van der Waals surface area contributed by atoms with E-state index in [1.165, 1.54) is 12.1 Å². The van der Waals surface area contributed by atoms with Gasteiger partial charge in [0.25, 0.3) is 0 Å². The molecule has 19 heavy (non-hydrogen) atoms. The van der Waals surface area contributed by atoms with E-state index in [-0.39, 0.29) is 5.82 Å². The number of halogens is 2. The lowest BCUT2D eigenvalue weighted by molar-refractivity contribution is 0.108. The van der Waals surface area contributed by atoms with Crippen LogP contribution in [0.25, 0.3) is 11.4 Å². The van der Waals surface area contributed by atoms with Crippen LogP contribution >= 0.6 is 28.1 Å². The van der Waals surface area contributed by atoms with Gasteiger partial charge in [-0.25, -0.2) is 9.37 Å². The molecule has 0 radical (unpaired) electrons. The Hall–Kier alpha value is -1.11. The Morgan fingerprint density at radius 1 is 1.42 bits per heavy atom. The van der Waals surface area contributed by atoms with Crippen molar-refractivity contribution in [2.75, 3.05) is 6.61 Å². The van der Waals surface area contributed by atoms with Crippen molar-refractivity contribution in [3.05, 3.63) is 44.4 Å². The van der Waals surface area contributed by atoms with E-state index in [1.54, 1.807) is 6.07 Å². The molecule has 0 fully saturated rings. The van der Waals surface area contributed by atoms with Gasteiger partial charge in [-0.2, -0.15) is 0 Å². The minimum Gasteiger partial charge on any atom is -0.376 e. The summed E-state index contributed by atoms with van der Waals surface area (Å²) in [5.74, 6) is 0.359. The van der Waals surface area contributed by atoms with Crippen molar-refractivity contribution in [2.24, 2.45) is 0 Å². The first kappa shape index (κ1) is 12.9. The number of H-pyrrole nitrogens is 1. The van der Waals surface area contributed by atoms with Crippen LogP contribution in [0.2, 0.25) is 0 Å². The maximum absolute atomic E-state index is 13.1. The summed E-state index contributed by atoms with van der Waals surface area (Å²) in [4.78, 5) is 7.65. The summed E-state index contributed by atoms with van der Waals surface area (Å²) < 4.78 is 19.7. The molecule has 0 unspecified atom stereocenters. The van der Waals surface area contributed by atoms with Crippen LogP contribution in [-0.2, 0) is 17.8 Å². The number of benzene rings is 1. The van der Waals surface area contributed by atoms with Gasteiger partial charge in [-0.1, -0.05) is 12.2 Å². The zero-order chi connectivity index (χ0) is 13.4. The van der Waals surface area contributed by atoms with E-state index in [0.717, 1.165) is 23.2 Å². The molecule has 1 aromatic heterocycles. The van der Waals surface area contributed by atoms with Crippen molar-refractivity contribution in [3.63, 3.8) is 0 Å². The summed E-state index contributed by atoms with van der Waals surface area (Å²) in [5.41, 5.74) is 2.79. The fraction of sp³-hybridized carbons (Fsp3) is 0.231. The Labute approximate surface area is 123 Å². The number of nitrogens with one attached hydrogen (secondary N) is 1. The zero-order valence-corrected chi connectivity index (χ0v) is 12.3. The van der Waals surface area contributed by atoms with Crippen molar-refractivity contribution in [1.82, 2.24) is 9.97 Å². The number of nitrogens with zero attached hydrogens (tertiary/aromatic N) is 1. The molecular weight excluding hydrogens is 331 g/mol. The third kappa shape index (κ3) is 2.48. The van der Waals surface area contributed by atoms with E-state index >= 15 is 0 Å². The number of ether oxygens (including phenoxy) is 1. The molecule has 1 N–H and O–H groups in total. The number of fused-ring (bicyclic) bond motifs is 1. The highest BCUT2D eigenvalue weighted by Gasteiger charge is 2.15. The molecule has 1 aliphatic rings. The van der Waals surface area contributed by atoms with Gasteiger partial charge in [-0.15, -0.1) is 0 Å². The molecule has 0 saturated heterocycles. The predicted octanol–water partition coefficient (Wildman–Crippen LogP) is 3.78. The lowest BCUT2D eigenvalue weighted by Gasteiger charge is -2.17. The van der Waals surface area contributed by atoms with Crippen LogP contribution < -0.4 is 0 Å². The van der Waals surface area contributed by atoms with Crippen LogP contribution in [0.4, 0.5) is 4.39 Å². The monoisotopic (exact) mass is 340 g/mol. The van der Waals surface area contributed by atoms with Gasteiger partial charge in [0.05, 0.1) is 13.2 Å². The van der Waals surface area contributed by atoms with Crippen LogP contribution in [0.5, 0.6) is 0 Å². The van der Waals surface area contributed by atoms with Crippen LogP contribution in [0, 0.1) is 10.5 Å². The first-order chi connectivity index (χ1) is 9.15. The molecular formula is C13H10BrFN2OS. The van der Waals surface area contributed by atoms with Crippen LogP contribution in [0.1, 0.15) is 11.3 Å². The summed E-state index contributed by atoms with van der Waals surface area (Å²) in [7, 11) is 0. The Kier molecular flexibility index (Phi) is 3.47. The molecule has 1 aliphatic heterocycles. The van der Waals surface area contributed by atoms with Crippen LogP contribution in [0.3, 0.4) is 0 Å². The van der Waals surface area contributed by atoms with Crippen LogP contribution in [-0.4, -0.2) is 16.6 Å². The minimum absolute atomic E-state index is 0.291. The predicted molar refractivity (Wildman–Crippen MR) is 75.9 cm³/mol. The Balaban J connectivity index is 2.15. The zero-order valence-electron chi connectivity index (χ0n) is 9.87. The smallest absolute Gasteiger partial charge is 0.140 e.